The van der Waals surface area contributed by atoms with E-state index in [9.17, 15) is 0 Å². The van der Waals surface area contributed by atoms with Crippen molar-refractivity contribution in [1.29, 1.82) is 0 Å². The Bertz CT molecular complexity index is 993. The van der Waals surface area contributed by atoms with Gasteiger partial charge in [0.25, 0.3) is 0 Å². The summed E-state index contributed by atoms with van der Waals surface area (Å²) < 4.78 is 2.50. The fourth-order valence-electron chi connectivity index (χ4n) is 5.05. The molecule has 0 amide bonds. The summed E-state index contributed by atoms with van der Waals surface area (Å²) in [6.07, 6.45) is 3.54. The molecule has 2 heterocycles. The molecular formula is C28H39N3. The van der Waals surface area contributed by atoms with Crippen LogP contribution in [0.4, 0.5) is 0 Å². The molecule has 0 radical (unpaired) electrons. The van der Waals surface area contributed by atoms with Crippen LogP contribution in [0.3, 0.4) is 0 Å². The number of para-hydroxylation sites is 1. The standard InChI is InChI=1S/C28H39N3/c1-6-23-11-13-24(14-12-23)28(4,22(2)3)26-21-31(27-10-8-7-9-25(26)27)20-19-30-17-15-29(5)16-18-30/h7-14,21-22H,6,15-20H2,1-5H3. The normalized spacial score (nSPS) is 18.0. The van der Waals surface area contributed by atoms with Crippen molar-refractivity contribution in [1.82, 2.24) is 14.4 Å². The molecular weight excluding hydrogens is 378 g/mol. The molecule has 166 valence electrons. The molecule has 3 nitrogen and oxygen atoms in total. The van der Waals surface area contributed by atoms with E-state index in [1.165, 1.54) is 53.8 Å². The van der Waals surface area contributed by atoms with Gasteiger partial charge in [-0.3, -0.25) is 4.90 Å². The number of piperazine rings is 1. The molecule has 0 saturated carbocycles. The third-order valence-corrected chi connectivity index (χ3v) is 7.72. The van der Waals surface area contributed by atoms with Crippen LogP contribution in [-0.4, -0.2) is 54.1 Å². The van der Waals surface area contributed by atoms with Gasteiger partial charge in [0.2, 0.25) is 0 Å². The first-order valence-corrected chi connectivity index (χ1v) is 12.0. The molecule has 0 aliphatic carbocycles. The van der Waals surface area contributed by atoms with Crippen LogP contribution in [0.1, 0.15) is 44.4 Å². The van der Waals surface area contributed by atoms with Gasteiger partial charge >= 0.3 is 0 Å². The summed E-state index contributed by atoms with van der Waals surface area (Å²) in [7, 11) is 2.23. The lowest BCUT2D eigenvalue weighted by Gasteiger charge is -2.35. The molecule has 4 rings (SSSR count). The molecule has 0 bridgehead atoms. The second kappa shape index (κ2) is 9.18. The lowest BCUT2D eigenvalue weighted by atomic mass is 9.68. The number of likely N-dealkylation sites (N-methyl/N-ethyl adjacent to an activating group) is 1. The molecule has 3 aromatic rings. The van der Waals surface area contributed by atoms with Crippen LogP contribution in [0, 0.1) is 5.92 Å². The molecule has 2 aromatic carbocycles. The van der Waals surface area contributed by atoms with Crippen LogP contribution >= 0.6 is 0 Å². The van der Waals surface area contributed by atoms with Crippen molar-refractivity contribution in [3.05, 3.63) is 71.4 Å². The Kier molecular flexibility index (Phi) is 6.55. The highest BCUT2D eigenvalue weighted by molar-refractivity contribution is 5.85. The smallest absolute Gasteiger partial charge is 0.0483 e. The number of aryl methyl sites for hydroxylation is 1. The third-order valence-electron chi connectivity index (χ3n) is 7.72. The molecule has 0 N–H and O–H groups in total. The van der Waals surface area contributed by atoms with Gasteiger partial charge in [0.1, 0.15) is 0 Å². The van der Waals surface area contributed by atoms with E-state index in [1.807, 2.05) is 0 Å². The van der Waals surface area contributed by atoms with Crippen molar-refractivity contribution in [2.24, 2.45) is 5.92 Å². The van der Waals surface area contributed by atoms with Gasteiger partial charge in [0, 0.05) is 61.8 Å². The zero-order chi connectivity index (χ0) is 22.0. The van der Waals surface area contributed by atoms with Gasteiger partial charge in [-0.1, -0.05) is 70.2 Å². The minimum Gasteiger partial charge on any atom is -0.346 e. The Morgan fingerprint density at radius 2 is 1.58 bits per heavy atom. The average molecular weight is 418 g/mol. The van der Waals surface area contributed by atoms with Crippen LogP contribution < -0.4 is 0 Å². The van der Waals surface area contributed by atoms with E-state index >= 15 is 0 Å². The quantitative estimate of drug-likeness (QED) is 0.509. The minimum absolute atomic E-state index is 0.0229. The van der Waals surface area contributed by atoms with Gasteiger partial charge < -0.3 is 9.47 Å². The number of hydrogen-bond acceptors (Lipinski definition) is 2. The van der Waals surface area contributed by atoms with E-state index in [2.05, 4.69) is 104 Å². The lowest BCUT2D eigenvalue weighted by molar-refractivity contribution is 0.150. The first-order valence-electron chi connectivity index (χ1n) is 12.0. The van der Waals surface area contributed by atoms with Crippen LogP contribution in [0.5, 0.6) is 0 Å². The summed E-state index contributed by atoms with van der Waals surface area (Å²) in [5, 5.41) is 1.40. The second-order valence-electron chi connectivity index (χ2n) is 9.81. The summed E-state index contributed by atoms with van der Waals surface area (Å²) in [5.41, 5.74) is 5.63. The molecule has 1 unspecified atom stereocenters. The molecule has 1 aromatic heterocycles. The van der Waals surface area contributed by atoms with Crippen molar-refractivity contribution in [2.45, 2.75) is 46.1 Å². The maximum absolute atomic E-state index is 2.61. The predicted octanol–water partition coefficient (Wildman–Crippen LogP) is 5.41. The van der Waals surface area contributed by atoms with Crippen LogP contribution in [0.15, 0.2) is 54.7 Å². The van der Waals surface area contributed by atoms with E-state index in [0.29, 0.717) is 5.92 Å². The second-order valence-corrected chi connectivity index (χ2v) is 9.81. The number of fused-ring (bicyclic) bond motifs is 1. The zero-order valence-electron chi connectivity index (χ0n) is 20.1. The summed E-state index contributed by atoms with van der Waals surface area (Å²) in [6.45, 7) is 16.3. The summed E-state index contributed by atoms with van der Waals surface area (Å²) in [6, 6.07) is 18.3. The maximum Gasteiger partial charge on any atom is 0.0483 e. The fourth-order valence-corrected chi connectivity index (χ4v) is 5.05. The van der Waals surface area contributed by atoms with Crippen molar-refractivity contribution in [3.63, 3.8) is 0 Å². The highest BCUT2D eigenvalue weighted by Crippen LogP contribution is 2.43. The molecule has 0 spiro atoms. The van der Waals surface area contributed by atoms with Crippen LogP contribution in [0.25, 0.3) is 10.9 Å². The number of benzene rings is 2. The Labute approximate surface area is 188 Å². The van der Waals surface area contributed by atoms with Crippen LogP contribution in [0.2, 0.25) is 0 Å². The average Bonchev–Trinajstić information content (AvgIpc) is 3.17. The molecule has 31 heavy (non-hydrogen) atoms. The highest BCUT2D eigenvalue weighted by atomic mass is 15.2. The Morgan fingerprint density at radius 3 is 2.23 bits per heavy atom. The van der Waals surface area contributed by atoms with Crippen molar-refractivity contribution in [2.75, 3.05) is 39.8 Å². The maximum atomic E-state index is 2.61. The van der Waals surface area contributed by atoms with E-state index < -0.39 is 0 Å². The molecule has 1 fully saturated rings. The molecule has 3 heteroatoms. The van der Waals surface area contributed by atoms with Gasteiger partial charge in [-0.05, 0) is 42.1 Å². The Balaban J connectivity index is 1.70. The largest absolute Gasteiger partial charge is 0.346 e. The lowest BCUT2D eigenvalue weighted by Crippen LogP contribution is -2.45. The van der Waals surface area contributed by atoms with E-state index in [4.69, 9.17) is 0 Å². The minimum atomic E-state index is -0.0229. The van der Waals surface area contributed by atoms with Crippen LogP contribution in [-0.2, 0) is 18.4 Å². The van der Waals surface area contributed by atoms with Crippen molar-refractivity contribution >= 4 is 10.9 Å². The summed E-state index contributed by atoms with van der Waals surface area (Å²) in [5.74, 6) is 0.497. The third kappa shape index (κ3) is 4.31. The summed E-state index contributed by atoms with van der Waals surface area (Å²) in [4.78, 5) is 5.04. The van der Waals surface area contributed by atoms with Gasteiger partial charge in [-0.15, -0.1) is 0 Å². The monoisotopic (exact) mass is 417 g/mol. The Morgan fingerprint density at radius 1 is 0.903 bits per heavy atom. The van der Waals surface area contributed by atoms with Crippen molar-refractivity contribution in [3.8, 4) is 0 Å². The van der Waals surface area contributed by atoms with Gasteiger partial charge in [0.15, 0.2) is 0 Å². The van der Waals surface area contributed by atoms with E-state index in [-0.39, 0.29) is 5.41 Å². The zero-order valence-corrected chi connectivity index (χ0v) is 20.1. The number of rotatable bonds is 7. The van der Waals surface area contributed by atoms with Gasteiger partial charge in [0.05, 0.1) is 0 Å². The SMILES string of the molecule is CCc1ccc(C(C)(c2cn(CCN3CCN(C)CC3)c3ccccc23)C(C)C)cc1. The molecule has 1 saturated heterocycles. The number of nitrogens with zero attached hydrogens (tertiary/aromatic N) is 3. The number of aromatic nitrogens is 1. The van der Waals surface area contributed by atoms with E-state index in [1.54, 1.807) is 0 Å². The first-order chi connectivity index (χ1) is 14.9. The van der Waals surface area contributed by atoms with E-state index in [0.717, 1.165) is 19.5 Å². The number of hydrogen-bond donors (Lipinski definition) is 0. The molecule has 1 aliphatic heterocycles. The van der Waals surface area contributed by atoms with Gasteiger partial charge in [-0.25, -0.2) is 0 Å². The molecule has 1 aliphatic rings. The first kappa shape index (κ1) is 22.1. The highest BCUT2D eigenvalue weighted by Gasteiger charge is 2.35. The fraction of sp³-hybridized carbons (Fsp3) is 0.500. The topological polar surface area (TPSA) is 11.4 Å². The van der Waals surface area contributed by atoms with Crippen molar-refractivity contribution < 1.29 is 0 Å². The predicted molar refractivity (Wildman–Crippen MR) is 133 cm³/mol. The molecule has 1 atom stereocenters. The van der Waals surface area contributed by atoms with Gasteiger partial charge in [-0.2, -0.15) is 0 Å². The Hall–Kier alpha value is -2.10. The summed E-state index contributed by atoms with van der Waals surface area (Å²) >= 11 is 0.